The maximum absolute atomic E-state index is 11.9. The summed E-state index contributed by atoms with van der Waals surface area (Å²) >= 11 is 13.3. The molecule has 2 aromatic heterocycles. The second-order valence-corrected chi connectivity index (χ2v) is 6.44. The van der Waals surface area contributed by atoms with E-state index in [2.05, 4.69) is 4.98 Å². The van der Waals surface area contributed by atoms with E-state index in [1.165, 1.54) is 11.3 Å². The van der Waals surface area contributed by atoms with Crippen LogP contribution in [0, 0.1) is 6.92 Å². The molecule has 4 nitrogen and oxygen atoms in total. The molecule has 0 atom stereocenters. The molecule has 0 unspecified atom stereocenters. The number of benzene rings is 1. The van der Waals surface area contributed by atoms with Crippen LogP contribution in [0.25, 0.3) is 16.2 Å². The SMILES string of the molecule is CCOC(=O)c1sc2nc(-c3ccc(Cl)c(Cl)c3)cn2c1C. The first kappa shape index (κ1) is 15.3. The molecular formula is C15H12Cl2N2O2S. The van der Waals surface area contributed by atoms with Gasteiger partial charge in [-0.25, -0.2) is 9.78 Å². The van der Waals surface area contributed by atoms with E-state index in [0.29, 0.717) is 21.5 Å². The number of halogens is 2. The molecular weight excluding hydrogens is 343 g/mol. The minimum absolute atomic E-state index is 0.313. The molecule has 3 rings (SSSR count). The van der Waals surface area contributed by atoms with E-state index < -0.39 is 0 Å². The molecule has 0 amide bonds. The lowest BCUT2D eigenvalue weighted by molar-refractivity contribution is 0.0531. The summed E-state index contributed by atoms with van der Waals surface area (Å²) in [6.45, 7) is 4.01. The summed E-state index contributed by atoms with van der Waals surface area (Å²) < 4.78 is 6.93. The van der Waals surface area contributed by atoms with Crippen LogP contribution in [0.5, 0.6) is 0 Å². The normalized spacial score (nSPS) is 11.1. The number of carbonyl (C=O) groups excluding carboxylic acids is 1. The van der Waals surface area contributed by atoms with E-state index in [-0.39, 0.29) is 5.97 Å². The van der Waals surface area contributed by atoms with Gasteiger partial charge in [-0.2, -0.15) is 0 Å². The van der Waals surface area contributed by atoms with E-state index in [0.717, 1.165) is 21.9 Å². The highest BCUT2D eigenvalue weighted by atomic mass is 35.5. The van der Waals surface area contributed by atoms with E-state index in [4.69, 9.17) is 27.9 Å². The van der Waals surface area contributed by atoms with Crippen LogP contribution in [0.3, 0.4) is 0 Å². The highest BCUT2D eigenvalue weighted by molar-refractivity contribution is 7.19. The van der Waals surface area contributed by atoms with Gasteiger partial charge in [0.15, 0.2) is 4.96 Å². The van der Waals surface area contributed by atoms with Crippen molar-refractivity contribution in [2.75, 3.05) is 6.61 Å². The zero-order valence-electron chi connectivity index (χ0n) is 11.9. The maximum atomic E-state index is 11.9. The van der Waals surface area contributed by atoms with Crippen molar-refractivity contribution in [1.29, 1.82) is 0 Å². The first-order valence-electron chi connectivity index (χ1n) is 6.62. The number of fused-ring (bicyclic) bond motifs is 1. The molecule has 2 heterocycles. The third-order valence-corrected chi connectivity index (χ3v) is 5.11. The van der Waals surface area contributed by atoms with Gasteiger partial charge < -0.3 is 4.74 Å². The van der Waals surface area contributed by atoms with Gasteiger partial charge in [-0.1, -0.05) is 40.6 Å². The Labute approximate surface area is 141 Å². The maximum Gasteiger partial charge on any atom is 0.350 e. The number of ether oxygens (including phenoxy) is 1. The van der Waals surface area contributed by atoms with Gasteiger partial charge in [-0.3, -0.25) is 4.40 Å². The first-order chi connectivity index (χ1) is 10.5. The monoisotopic (exact) mass is 354 g/mol. The van der Waals surface area contributed by atoms with Crippen molar-refractivity contribution >= 4 is 45.5 Å². The molecule has 22 heavy (non-hydrogen) atoms. The number of thiazole rings is 1. The van der Waals surface area contributed by atoms with E-state index in [1.807, 2.05) is 23.6 Å². The largest absolute Gasteiger partial charge is 0.462 e. The Bertz CT molecular complexity index is 870. The lowest BCUT2D eigenvalue weighted by Crippen LogP contribution is -2.04. The Kier molecular flexibility index (Phi) is 4.12. The van der Waals surface area contributed by atoms with Crippen LogP contribution < -0.4 is 0 Å². The molecule has 0 radical (unpaired) electrons. The van der Waals surface area contributed by atoms with Crippen LogP contribution >= 0.6 is 34.5 Å². The van der Waals surface area contributed by atoms with Crippen LogP contribution in [-0.2, 0) is 4.74 Å². The Morgan fingerprint density at radius 2 is 2.14 bits per heavy atom. The molecule has 0 saturated carbocycles. The second kappa shape index (κ2) is 5.91. The molecule has 7 heteroatoms. The Balaban J connectivity index is 2.04. The summed E-state index contributed by atoms with van der Waals surface area (Å²) in [4.78, 5) is 17.7. The van der Waals surface area contributed by atoms with Gasteiger partial charge >= 0.3 is 5.97 Å². The third-order valence-electron chi connectivity index (χ3n) is 3.23. The lowest BCUT2D eigenvalue weighted by Gasteiger charge is -2.00. The van der Waals surface area contributed by atoms with E-state index in [1.54, 1.807) is 19.1 Å². The van der Waals surface area contributed by atoms with Gasteiger partial charge in [0.2, 0.25) is 0 Å². The molecule has 0 bridgehead atoms. The highest BCUT2D eigenvalue weighted by Gasteiger charge is 2.19. The van der Waals surface area contributed by atoms with Gasteiger partial charge in [0, 0.05) is 17.5 Å². The smallest absolute Gasteiger partial charge is 0.350 e. The van der Waals surface area contributed by atoms with Crippen LogP contribution in [0.15, 0.2) is 24.4 Å². The zero-order valence-corrected chi connectivity index (χ0v) is 14.2. The van der Waals surface area contributed by atoms with Gasteiger partial charge in [-0.15, -0.1) is 0 Å². The summed E-state index contributed by atoms with van der Waals surface area (Å²) in [6.07, 6.45) is 1.88. The summed E-state index contributed by atoms with van der Waals surface area (Å²) in [6, 6.07) is 5.38. The quantitative estimate of drug-likeness (QED) is 0.631. The third kappa shape index (κ3) is 2.60. The highest BCUT2D eigenvalue weighted by Crippen LogP contribution is 2.31. The number of esters is 1. The van der Waals surface area contributed by atoms with Crippen molar-refractivity contribution in [3.63, 3.8) is 0 Å². The van der Waals surface area contributed by atoms with Crippen LogP contribution in [-0.4, -0.2) is 22.0 Å². The fourth-order valence-corrected chi connectivity index (χ4v) is 3.43. The number of hydrogen-bond donors (Lipinski definition) is 0. The number of rotatable bonds is 3. The first-order valence-corrected chi connectivity index (χ1v) is 8.19. The van der Waals surface area contributed by atoms with Crippen LogP contribution in [0.1, 0.15) is 22.3 Å². The lowest BCUT2D eigenvalue weighted by atomic mass is 10.2. The molecule has 114 valence electrons. The van der Waals surface area contributed by atoms with Crippen LogP contribution in [0.2, 0.25) is 10.0 Å². The fraction of sp³-hybridized carbons (Fsp3) is 0.200. The Morgan fingerprint density at radius 1 is 1.36 bits per heavy atom. The molecule has 0 spiro atoms. The Morgan fingerprint density at radius 3 is 2.77 bits per heavy atom. The number of aromatic nitrogens is 2. The molecule has 0 saturated heterocycles. The number of aryl methyl sites for hydroxylation is 1. The summed E-state index contributed by atoms with van der Waals surface area (Å²) in [5, 5.41) is 0.992. The minimum atomic E-state index is -0.313. The molecule has 3 aromatic rings. The Hall–Kier alpha value is -1.56. The van der Waals surface area contributed by atoms with Crippen LogP contribution in [0.4, 0.5) is 0 Å². The molecule has 0 N–H and O–H groups in total. The number of hydrogen-bond acceptors (Lipinski definition) is 4. The second-order valence-electron chi connectivity index (χ2n) is 4.64. The molecule has 0 aliphatic heterocycles. The standard InChI is InChI=1S/C15H12Cl2N2O2S/c1-3-21-14(20)13-8(2)19-7-12(18-15(19)22-13)9-4-5-10(16)11(17)6-9/h4-7H,3H2,1-2H3. The number of nitrogens with zero attached hydrogens (tertiary/aromatic N) is 2. The van der Waals surface area contributed by atoms with Crippen molar-refractivity contribution in [2.24, 2.45) is 0 Å². The van der Waals surface area contributed by atoms with Gasteiger partial charge in [-0.05, 0) is 26.0 Å². The van der Waals surface area contributed by atoms with E-state index in [9.17, 15) is 4.79 Å². The molecule has 1 aromatic carbocycles. The predicted octanol–water partition coefficient (Wildman–Crippen LogP) is 4.85. The fourth-order valence-electron chi connectivity index (χ4n) is 2.13. The molecule has 0 aliphatic carbocycles. The van der Waals surface area contributed by atoms with Crippen molar-refractivity contribution in [3.8, 4) is 11.3 Å². The summed E-state index contributed by atoms with van der Waals surface area (Å²) in [5.74, 6) is -0.313. The van der Waals surface area contributed by atoms with Gasteiger partial charge in [0.1, 0.15) is 4.88 Å². The number of imidazole rings is 1. The minimum Gasteiger partial charge on any atom is -0.462 e. The van der Waals surface area contributed by atoms with Crippen molar-refractivity contribution in [2.45, 2.75) is 13.8 Å². The van der Waals surface area contributed by atoms with Crippen molar-refractivity contribution in [3.05, 3.63) is 45.0 Å². The average Bonchev–Trinajstić information content (AvgIpc) is 3.02. The summed E-state index contributed by atoms with van der Waals surface area (Å²) in [5.41, 5.74) is 2.47. The topological polar surface area (TPSA) is 43.6 Å². The van der Waals surface area contributed by atoms with Gasteiger partial charge in [0.25, 0.3) is 0 Å². The van der Waals surface area contributed by atoms with Crippen molar-refractivity contribution in [1.82, 2.24) is 9.38 Å². The zero-order chi connectivity index (χ0) is 15.9. The molecule has 0 fully saturated rings. The van der Waals surface area contributed by atoms with E-state index >= 15 is 0 Å². The molecule has 0 aliphatic rings. The van der Waals surface area contributed by atoms with Gasteiger partial charge in [0.05, 0.1) is 22.3 Å². The van der Waals surface area contributed by atoms with Crippen molar-refractivity contribution < 1.29 is 9.53 Å². The summed E-state index contributed by atoms with van der Waals surface area (Å²) in [7, 11) is 0. The predicted molar refractivity (Wildman–Crippen MR) is 89.2 cm³/mol. The number of carbonyl (C=O) groups is 1. The average molecular weight is 355 g/mol.